The number of hydrogen-bond acceptors (Lipinski definition) is 3. The van der Waals surface area contributed by atoms with E-state index in [4.69, 9.17) is 0 Å². The zero-order valence-electron chi connectivity index (χ0n) is 14.3. The van der Waals surface area contributed by atoms with Crippen LogP contribution in [0.25, 0.3) is 0 Å². The van der Waals surface area contributed by atoms with Crippen LogP contribution in [-0.4, -0.2) is 45.7 Å². The molecule has 0 radical (unpaired) electrons. The van der Waals surface area contributed by atoms with Crippen LogP contribution in [0, 0.1) is 0 Å². The lowest BCUT2D eigenvalue weighted by atomic mass is 10.1. The van der Waals surface area contributed by atoms with Crippen molar-refractivity contribution in [2.75, 3.05) is 12.8 Å². The third-order valence-corrected chi connectivity index (χ3v) is 5.22. The lowest BCUT2D eigenvalue weighted by Crippen LogP contribution is -2.48. The number of carbonyl (C=O) groups excluding carboxylic acids is 1. The van der Waals surface area contributed by atoms with Gasteiger partial charge in [0.05, 0.1) is 12.1 Å². The number of amides is 2. The summed E-state index contributed by atoms with van der Waals surface area (Å²) in [6.45, 7) is 4.29. The average Bonchev–Trinajstić information content (AvgIpc) is 2.94. The number of thioether (sulfide) groups is 1. The van der Waals surface area contributed by atoms with Crippen LogP contribution >= 0.6 is 11.8 Å². The Hall–Kier alpha value is -1.20. The second kappa shape index (κ2) is 8.06. The molecule has 1 aromatic carbocycles. The van der Waals surface area contributed by atoms with Gasteiger partial charge in [0.25, 0.3) is 0 Å². The maximum atomic E-state index is 12.7. The number of rotatable bonds is 6. The fourth-order valence-electron chi connectivity index (χ4n) is 3.02. The Kier molecular flexibility index (Phi) is 6.36. The molecule has 0 bridgehead atoms. The van der Waals surface area contributed by atoms with Crippen molar-refractivity contribution in [1.29, 1.82) is 0 Å². The molecule has 2 rings (SSSR count). The quantitative estimate of drug-likeness (QED) is 0.838. The van der Waals surface area contributed by atoms with Crippen LogP contribution in [0.1, 0.15) is 38.7 Å². The second-order valence-corrected chi connectivity index (χ2v) is 8.11. The number of carbonyl (C=O) groups is 1. The van der Waals surface area contributed by atoms with Gasteiger partial charge in [-0.25, -0.2) is 4.79 Å². The SMILES string of the molecule is CS[C@@H]1CC[C@H](NC(=O)N(Cc2ccccc2)CC(C)(C)O)C1. The average molecular weight is 337 g/mol. The third kappa shape index (κ3) is 6.07. The van der Waals surface area contributed by atoms with Gasteiger partial charge >= 0.3 is 6.03 Å². The van der Waals surface area contributed by atoms with E-state index in [9.17, 15) is 9.90 Å². The molecule has 5 heteroatoms. The first-order valence-electron chi connectivity index (χ1n) is 8.22. The van der Waals surface area contributed by atoms with E-state index in [1.165, 1.54) is 0 Å². The Morgan fingerprint density at radius 1 is 1.35 bits per heavy atom. The number of hydrogen-bond donors (Lipinski definition) is 2. The van der Waals surface area contributed by atoms with Crippen LogP contribution in [0.4, 0.5) is 4.79 Å². The van der Waals surface area contributed by atoms with Gasteiger partial charge in [0.15, 0.2) is 0 Å². The molecule has 0 heterocycles. The smallest absolute Gasteiger partial charge is 0.318 e. The lowest BCUT2D eigenvalue weighted by Gasteiger charge is -2.30. The van der Waals surface area contributed by atoms with Crippen molar-refractivity contribution in [2.45, 2.75) is 56.5 Å². The minimum Gasteiger partial charge on any atom is -0.389 e. The Morgan fingerprint density at radius 2 is 2.04 bits per heavy atom. The molecule has 1 saturated carbocycles. The van der Waals surface area contributed by atoms with E-state index >= 15 is 0 Å². The molecule has 1 aliphatic rings. The van der Waals surface area contributed by atoms with Gasteiger partial charge in [-0.15, -0.1) is 0 Å². The van der Waals surface area contributed by atoms with Crippen molar-refractivity contribution < 1.29 is 9.90 Å². The predicted octanol–water partition coefficient (Wildman–Crippen LogP) is 3.25. The standard InChI is InChI=1S/C18H28N2O2S/c1-18(2,22)13-20(12-14-7-5-4-6-8-14)17(21)19-15-9-10-16(11-15)23-3/h4-8,15-16,22H,9-13H2,1-3H3,(H,19,21)/t15-,16+/m0/s1. The molecule has 2 amide bonds. The fraction of sp³-hybridized carbons (Fsp3) is 0.611. The zero-order chi connectivity index (χ0) is 16.9. The van der Waals surface area contributed by atoms with Crippen LogP contribution in [0.2, 0.25) is 0 Å². The monoisotopic (exact) mass is 336 g/mol. The van der Waals surface area contributed by atoms with Crippen LogP contribution in [0.5, 0.6) is 0 Å². The van der Waals surface area contributed by atoms with Gasteiger partial charge < -0.3 is 15.3 Å². The van der Waals surface area contributed by atoms with Crippen LogP contribution in [0.15, 0.2) is 30.3 Å². The summed E-state index contributed by atoms with van der Waals surface area (Å²) in [7, 11) is 0. The van der Waals surface area contributed by atoms with Crippen LogP contribution < -0.4 is 5.32 Å². The van der Waals surface area contributed by atoms with Gasteiger partial charge in [-0.05, 0) is 44.9 Å². The number of nitrogens with zero attached hydrogens (tertiary/aromatic N) is 1. The molecule has 2 N–H and O–H groups in total. The molecule has 0 aliphatic heterocycles. The van der Waals surface area contributed by atoms with E-state index in [-0.39, 0.29) is 12.1 Å². The first-order valence-corrected chi connectivity index (χ1v) is 9.51. The van der Waals surface area contributed by atoms with E-state index in [1.807, 2.05) is 42.1 Å². The van der Waals surface area contributed by atoms with E-state index in [0.29, 0.717) is 18.3 Å². The number of benzene rings is 1. The third-order valence-electron chi connectivity index (χ3n) is 4.13. The predicted molar refractivity (Wildman–Crippen MR) is 96.6 cm³/mol. The first kappa shape index (κ1) is 18.1. The largest absolute Gasteiger partial charge is 0.389 e. The normalized spacial score (nSPS) is 21.2. The first-order chi connectivity index (χ1) is 10.9. The molecule has 1 aromatic rings. The van der Waals surface area contributed by atoms with Gasteiger partial charge in [0.1, 0.15) is 0 Å². The molecule has 4 nitrogen and oxygen atoms in total. The van der Waals surface area contributed by atoms with E-state index in [2.05, 4.69) is 11.6 Å². The zero-order valence-corrected chi connectivity index (χ0v) is 15.1. The van der Waals surface area contributed by atoms with Gasteiger partial charge in [-0.3, -0.25) is 0 Å². The van der Waals surface area contributed by atoms with Crippen LogP contribution in [-0.2, 0) is 6.54 Å². The van der Waals surface area contributed by atoms with Crippen molar-refractivity contribution in [2.24, 2.45) is 0 Å². The fourth-order valence-corrected chi connectivity index (χ4v) is 3.82. The van der Waals surface area contributed by atoms with Gasteiger partial charge in [0, 0.05) is 17.8 Å². The molecular formula is C18H28N2O2S. The number of urea groups is 1. The maximum absolute atomic E-state index is 12.7. The Labute approximate surface area is 143 Å². The highest BCUT2D eigenvalue weighted by atomic mass is 32.2. The van der Waals surface area contributed by atoms with Crippen molar-refractivity contribution >= 4 is 17.8 Å². The summed E-state index contributed by atoms with van der Waals surface area (Å²) in [6.07, 6.45) is 5.37. The van der Waals surface area contributed by atoms with E-state index < -0.39 is 5.60 Å². The molecule has 0 spiro atoms. The van der Waals surface area contributed by atoms with Crippen molar-refractivity contribution in [1.82, 2.24) is 10.2 Å². The topological polar surface area (TPSA) is 52.6 Å². The highest BCUT2D eigenvalue weighted by Gasteiger charge is 2.28. The van der Waals surface area contributed by atoms with Crippen molar-refractivity contribution in [3.05, 3.63) is 35.9 Å². The lowest BCUT2D eigenvalue weighted by molar-refractivity contribution is 0.0442. The molecule has 1 fully saturated rings. The Balaban J connectivity index is 1.99. The molecule has 0 saturated heterocycles. The molecule has 128 valence electrons. The molecule has 0 unspecified atom stereocenters. The second-order valence-electron chi connectivity index (χ2n) is 6.97. The molecule has 23 heavy (non-hydrogen) atoms. The summed E-state index contributed by atoms with van der Waals surface area (Å²) in [4.78, 5) is 14.4. The summed E-state index contributed by atoms with van der Waals surface area (Å²) in [5, 5.41) is 13.9. The maximum Gasteiger partial charge on any atom is 0.318 e. The Bertz CT molecular complexity index is 501. The van der Waals surface area contributed by atoms with Crippen LogP contribution in [0.3, 0.4) is 0 Å². The molecule has 2 atom stereocenters. The van der Waals surface area contributed by atoms with Crippen molar-refractivity contribution in [3.8, 4) is 0 Å². The minimum atomic E-state index is -0.913. The van der Waals surface area contributed by atoms with E-state index in [1.54, 1.807) is 18.7 Å². The molecular weight excluding hydrogens is 308 g/mol. The highest BCUT2D eigenvalue weighted by Crippen LogP contribution is 2.28. The van der Waals surface area contributed by atoms with Gasteiger partial charge in [0.2, 0.25) is 0 Å². The number of aliphatic hydroxyl groups is 1. The van der Waals surface area contributed by atoms with Gasteiger partial charge in [-0.2, -0.15) is 11.8 Å². The van der Waals surface area contributed by atoms with E-state index in [0.717, 1.165) is 24.8 Å². The number of nitrogens with one attached hydrogen (secondary N) is 1. The Morgan fingerprint density at radius 3 is 2.61 bits per heavy atom. The summed E-state index contributed by atoms with van der Waals surface area (Å²) < 4.78 is 0. The summed E-state index contributed by atoms with van der Waals surface area (Å²) in [6, 6.07) is 10.1. The minimum absolute atomic E-state index is 0.0808. The summed E-state index contributed by atoms with van der Waals surface area (Å²) in [5.41, 5.74) is 0.157. The summed E-state index contributed by atoms with van der Waals surface area (Å²) >= 11 is 1.88. The highest BCUT2D eigenvalue weighted by molar-refractivity contribution is 7.99. The summed E-state index contributed by atoms with van der Waals surface area (Å²) in [5.74, 6) is 0. The van der Waals surface area contributed by atoms with Crippen molar-refractivity contribution in [3.63, 3.8) is 0 Å². The molecule has 1 aliphatic carbocycles. The molecule has 0 aromatic heterocycles. The van der Waals surface area contributed by atoms with Gasteiger partial charge in [-0.1, -0.05) is 30.3 Å².